The van der Waals surface area contributed by atoms with Gasteiger partial charge < -0.3 is 19.5 Å². The summed E-state index contributed by atoms with van der Waals surface area (Å²) in [7, 11) is 1.54. The molecule has 1 N–H and O–H groups in total. The van der Waals surface area contributed by atoms with Gasteiger partial charge in [0.2, 0.25) is 0 Å². The highest BCUT2D eigenvalue weighted by molar-refractivity contribution is 6.32. The maximum absolute atomic E-state index is 12.9. The van der Waals surface area contributed by atoms with Gasteiger partial charge in [-0.1, -0.05) is 50.6 Å². The first kappa shape index (κ1) is 24.5. The number of anilines is 1. The van der Waals surface area contributed by atoms with Crippen LogP contribution in [0.15, 0.2) is 60.7 Å². The third-order valence-electron chi connectivity index (χ3n) is 5.11. The molecule has 0 aliphatic heterocycles. The fourth-order valence-electron chi connectivity index (χ4n) is 3.44. The number of rotatable bonds is 8. The Balaban J connectivity index is 1.82. The Hall–Kier alpha value is -3.18. The summed E-state index contributed by atoms with van der Waals surface area (Å²) in [5.74, 6) is 1.80. The van der Waals surface area contributed by atoms with Crippen molar-refractivity contribution >= 4 is 23.2 Å². The van der Waals surface area contributed by atoms with Gasteiger partial charge >= 0.3 is 0 Å². The summed E-state index contributed by atoms with van der Waals surface area (Å²) < 4.78 is 17.1. The van der Waals surface area contributed by atoms with Crippen LogP contribution in [-0.2, 0) is 12.0 Å². The predicted molar refractivity (Wildman–Crippen MR) is 133 cm³/mol. The van der Waals surface area contributed by atoms with E-state index in [1.54, 1.807) is 43.5 Å². The second kappa shape index (κ2) is 10.6. The topological polar surface area (TPSA) is 56.8 Å². The van der Waals surface area contributed by atoms with Crippen LogP contribution in [0.2, 0.25) is 5.02 Å². The van der Waals surface area contributed by atoms with Crippen LogP contribution in [0, 0.1) is 0 Å². The number of hydrogen-bond donors (Lipinski definition) is 1. The minimum absolute atomic E-state index is 0.0548. The van der Waals surface area contributed by atoms with Gasteiger partial charge in [-0.25, -0.2) is 0 Å². The van der Waals surface area contributed by atoms with Crippen molar-refractivity contribution in [3.05, 3.63) is 82.4 Å². The molecule has 0 atom stereocenters. The SMILES string of the molecule is CCOc1ccc(C(=O)Nc2ccc(OC)c(Cl)c2)cc1COc1ccccc1C(C)(C)C. The molecular formula is C27H30ClNO4. The van der Waals surface area contributed by atoms with Crippen molar-refractivity contribution in [2.45, 2.75) is 39.7 Å². The Morgan fingerprint density at radius 2 is 1.67 bits per heavy atom. The van der Waals surface area contributed by atoms with Gasteiger partial charge in [-0.3, -0.25) is 4.79 Å². The number of nitrogens with one attached hydrogen (secondary N) is 1. The molecular weight excluding hydrogens is 438 g/mol. The molecule has 0 heterocycles. The van der Waals surface area contributed by atoms with Crippen LogP contribution < -0.4 is 19.5 Å². The third kappa shape index (κ3) is 6.20. The Morgan fingerprint density at radius 1 is 0.939 bits per heavy atom. The highest BCUT2D eigenvalue weighted by atomic mass is 35.5. The summed E-state index contributed by atoms with van der Waals surface area (Å²) in [5.41, 5.74) is 2.93. The Morgan fingerprint density at radius 3 is 2.33 bits per heavy atom. The van der Waals surface area contributed by atoms with E-state index in [-0.39, 0.29) is 17.9 Å². The molecule has 0 aliphatic rings. The minimum atomic E-state index is -0.254. The van der Waals surface area contributed by atoms with Crippen molar-refractivity contribution in [2.24, 2.45) is 0 Å². The van der Waals surface area contributed by atoms with Crippen molar-refractivity contribution in [1.82, 2.24) is 0 Å². The van der Waals surface area contributed by atoms with Crippen molar-refractivity contribution in [1.29, 1.82) is 0 Å². The fraction of sp³-hybridized carbons (Fsp3) is 0.296. The van der Waals surface area contributed by atoms with Gasteiger partial charge in [0.1, 0.15) is 23.9 Å². The van der Waals surface area contributed by atoms with Crippen LogP contribution >= 0.6 is 11.6 Å². The fourth-order valence-corrected chi connectivity index (χ4v) is 3.70. The number of carbonyl (C=O) groups is 1. The number of ether oxygens (including phenoxy) is 3. The van der Waals surface area contributed by atoms with Gasteiger partial charge in [0.25, 0.3) is 5.91 Å². The lowest BCUT2D eigenvalue weighted by atomic mass is 9.86. The molecule has 3 rings (SSSR count). The molecule has 6 heteroatoms. The molecule has 33 heavy (non-hydrogen) atoms. The number of methoxy groups -OCH3 is 1. The first-order valence-electron chi connectivity index (χ1n) is 10.9. The van der Waals surface area contributed by atoms with Crippen LogP contribution in [0.5, 0.6) is 17.2 Å². The van der Waals surface area contributed by atoms with Crippen LogP contribution in [0.4, 0.5) is 5.69 Å². The van der Waals surface area contributed by atoms with Gasteiger partial charge in [0.05, 0.1) is 18.7 Å². The molecule has 5 nitrogen and oxygen atoms in total. The van der Waals surface area contributed by atoms with Crippen LogP contribution in [0.3, 0.4) is 0 Å². The number of hydrogen-bond acceptors (Lipinski definition) is 4. The summed E-state index contributed by atoms with van der Waals surface area (Å²) >= 11 is 6.17. The number of amides is 1. The van der Waals surface area contributed by atoms with Crippen molar-refractivity contribution in [2.75, 3.05) is 19.0 Å². The molecule has 0 saturated heterocycles. The van der Waals surface area contributed by atoms with Gasteiger partial charge in [0, 0.05) is 16.8 Å². The van der Waals surface area contributed by atoms with E-state index >= 15 is 0 Å². The summed E-state index contributed by atoms with van der Waals surface area (Å²) in [6, 6.07) is 18.4. The summed E-state index contributed by atoms with van der Waals surface area (Å²) in [5, 5.41) is 3.30. The van der Waals surface area contributed by atoms with E-state index < -0.39 is 0 Å². The first-order chi connectivity index (χ1) is 15.7. The lowest BCUT2D eigenvalue weighted by Crippen LogP contribution is -2.14. The van der Waals surface area contributed by atoms with Crippen LogP contribution in [0.25, 0.3) is 0 Å². The molecule has 174 valence electrons. The molecule has 0 saturated carbocycles. The maximum atomic E-state index is 12.9. The monoisotopic (exact) mass is 467 g/mol. The van der Waals surface area contributed by atoms with E-state index in [0.29, 0.717) is 34.4 Å². The van der Waals surface area contributed by atoms with E-state index in [4.69, 9.17) is 25.8 Å². The standard InChI is InChI=1S/C27H30ClNO4/c1-6-32-23-13-11-18(26(30)29-20-12-14-25(31-5)22(28)16-20)15-19(23)17-33-24-10-8-7-9-21(24)27(2,3)4/h7-16H,6,17H2,1-5H3,(H,29,30). The number of para-hydroxylation sites is 1. The molecule has 0 aromatic heterocycles. The molecule has 1 amide bonds. The second-order valence-corrected chi connectivity index (χ2v) is 9.00. The second-order valence-electron chi connectivity index (χ2n) is 8.59. The normalized spacial score (nSPS) is 11.1. The Kier molecular flexibility index (Phi) is 7.88. The molecule has 0 bridgehead atoms. The Labute approximate surface area is 200 Å². The summed E-state index contributed by atoms with van der Waals surface area (Å²) in [4.78, 5) is 12.9. The van der Waals surface area contributed by atoms with Crippen LogP contribution in [-0.4, -0.2) is 19.6 Å². The average molecular weight is 468 g/mol. The lowest BCUT2D eigenvalue weighted by Gasteiger charge is -2.23. The first-order valence-corrected chi connectivity index (χ1v) is 11.2. The number of carbonyl (C=O) groups excluding carboxylic acids is 1. The molecule has 0 unspecified atom stereocenters. The average Bonchev–Trinajstić information content (AvgIpc) is 2.78. The zero-order chi connectivity index (χ0) is 24.0. The van der Waals surface area contributed by atoms with Crippen LogP contribution in [0.1, 0.15) is 49.2 Å². The van der Waals surface area contributed by atoms with Crippen molar-refractivity contribution < 1.29 is 19.0 Å². The molecule has 0 spiro atoms. The number of halogens is 1. The largest absolute Gasteiger partial charge is 0.495 e. The van der Waals surface area contributed by atoms with Gasteiger partial charge in [-0.15, -0.1) is 0 Å². The van der Waals surface area contributed by atoms with Crippen molar-refractivity contribution in [3.63, 3.8) is 0 Å². The van der Waals surface area contributed by atoms with Gasteiger partial charge in [-0.2, -0.15) is 0 Å². The number of benzene rings is 3. The summed E-state index contributed by atoms with van der Waals surface area (Å²) in [6.45, 7) is 9.17. The highest BCUT2D eigenvalue weighted by Gasteiger charge is 2.19. The highest BCUT2D eigenvalue weighted by Crippen LogP contribution is 2.32. The lowest BCUT2D eigenvalue weighted by molar-refractivity contribution is 0.102. The zero-order valence-electron chi connectivity index (χ0n) is 19.7. The maximum Gasteiger partial charge on any atom is 0.255 e. The van der Waals surface area contributed by atoms with E-state index in [1.165, 1.54) is 0 Å². The smallest absolute Gasteiger partial charge is 0.255 e. The van der Waals surface area contributed by atoms with Crippen molar-refractivity contribution in [3.8, 4) is 17.2 Å². The molecule has 3 aromatic rings. The molecule has 0 fully saturated rings. The zero-order valence-corrected chi connectivity index (χ0v) is 20.5. The van der Waals surface area contributed by atoms with E-state index in [1.807, 2.05) is 25.1 Å². The van der Waals surface area contributed by atoms with E-state index in [0.717, 1.165) is 16.9 Å². The Bertz CT molecular complexity index is 1120. The quantitative estimate of drug-likeness (QED) is 0.392. The molecule has 0 radical (unpaired) electrons. The van der Waals surface area contributed by atoms with E-state index in [9.17, 15) is 4.79 Å². The molecule has 3 aromatic carbocycles. The van der Waals surface area contributed by atoms with E-state index in [2.05, 4.69) is 32.2 Å². The third-order valence-corrected chi connectivity index (χ3v) is 5.41. The predicted octanol–water partition coefficient (Wildman–Crippen LogP) is 6.88. The minimum Gasteiger partial charge on any atom is -0.495 e. The van der Waals surface area contributed by atoms with Gasteiger partial charge in [-0.05, 0) is 60.4 Å². The molecule has 0 aliphatic carbocycles. The van der Waals surface area contributed by atoms with Gasteiger partial charge in [0.15, 0.2) is 0 Å². The summed E-state index contributed by atoms with van der Waals surface area (Å²) in [6.07, 6.45) is 0.